The van der Waals surface area contributed by atoms with Gasteiger partial charge in [-0.3, -0.25) is 0 Å². The van der Waals surface area contributed by atoms with Crippen molar-refractivity contribution >= 4 is 0 Å². The molecule has 0 spiro atoms. The van der Waals surface area contributed by atoms with Crippen molar-refractivity contribution in [1.82, 2.24) is 5.32 Å². The second-order valence-electron chi connectivity index (χ2n) is 3.83. The Morgan fingerprint density at radius 1 is 1.27 bits per heavy atom. The Morgan fingerprint density at radius 2 is 2.00 bits per heavy atom. The van der Waals surface area contributed by atoms with Gasteiger partial charge in [0.05, 0.1) is 0 Å². The highest BCUT2D eigenvalue weighted by Gasteiger charge is 2.11. The van der Waals surface area contributed by atoms with Crippen LogP contribution in [0.2, 0.25) is 0 Å². The Kier molecular flexibility index (Phi) is 5.19. The maximum Gasteiger partial charge on any atom is 0.120 e. The number of unbranched alkanes of at least 4 members (excludes halogenated alkanes) is 1. The van der Waals surface area contributed by atoms with Crippen LogP contribution in [0.3, 0.4) is 0 Å². The van der Waals surface area contributed by atoms with Gasteiger partial charge < -0.3 is 10.4 Å². The first-order valence-electron chi connectivity index (χ1n) is 5.80. The largest absolute Gasteiger partial charge is 0.508 e. The lowest BCUT2D eigenvalue weighted by Gasteiger charge is -2.18. The molecule has 0 amide bonds. The molecule has 0 aliphatic rings. The quantitative estimate of drug-likeness (QED) is 0.702. The molecule has 0 fully saturated rings. The minimum atomic E-state index is 0.276. The van der Waals surface area contributed by atoms with Crippen LogP contribution in [-0.2, 0) is 0 Å². The molecule has 2 nitrogen and oxygen atoms in total. The van der Waals surface area contributed by atoms with Gasteiger partial charge in [-0.15, -0.1) is 0 Å². The molecule has 0 bridgehead atoms. The first kappa shape index (κ1) is 12.1. The van der Waals surface area contributed by atoms with Crippen molar-refractivity contribution in [3.05, 3.63) is 29.8 Å². The predicted molar refractivity (Wildman–Crippen MR) is 64.0 cm³/mol. The van der Waals surface area contributed by atoms with Gasteiger partial charge in [0.15, 0.2) is 0 Å². The Hall–Kier alpha value is -1.02. The van der Waals surface area contributed by atoms with Gasteiger partial charge in [0, 0.05) is 11.6 Å². The third-order valence-corrected chi connectivity index (χ3v) is 2.64. The summed E-state index contributed by atoms with van der Waals surface area (Å²) in [6, 6.07) is 7.84. The molecule has 0 radical (unpaired) electrons. The summed E-state index contributed by atoms with van der Waals surface area (Å²) in [7, 11) is 0. The SMILES string of the molecule is CCCCN[C@@H](CC)c1ccccc1O. The summed E-state index contributed by atoms with van der Waals surface area (Å²) in [6.07, 6.45) is 3.38. The molecule has 84 valence electrons. The van der Waals surface area contributed by atoms with Crippen LogP contribution in [0.25, 0.3) is 0 Å². The van der Waals surface area contributed by atoms with Gasteiger partial charge in [-0.25, -0.2) is 0 Å². The normalized spacial score (nSPS) is 12.7. The summed E-state index contributed by atoms with van der Waals surface area (Å²) in [5, 5.41) is 13.2. The maximum atomic E-state index is 9.73. The van der Waals surface area contributed by atoms with E-state index in [0.717, 1.165) is 18.5 Å². The highest BCUT2D eigenvalue weighted by atomic mass is 16.3. The number of nitrogens with one attached hydrogen (secondary N) is 1. The van der Waals surface area contributed by atoms with E-state index in [1.54, 1.807) is 6.07 Å². The third-order valence-electron chi connectivity index (χ3n) is 2.64. The zero-order valence-electron chi connectivity index (χ0n) is 9.66. The van der Waals surface area contributed by atoms with Crippen LogP contribution >= 0.6 is 0 Å². The van der Waals surface area contributed by atoms with Crippen molar-refractivity contribution in [3.8, 4) is 5.75 Å². The van der Waals surface area contributed by atoms with Gasteiger partial charge in [0.1, 0.15) is 5.75 Å². The molecule has 0 aliphatic heterocycles. The molecule has 0 aromatic heterocycles. The van der Waals surface area contributed by atoms with Crippen molar-refractivity contribution in [3.63, 3.8) is 0 Å². The molecular formula is C13H21NO. The van der Waals surface area contributed by atoms with Crippen molar-refractivity contribution in [2.75, 3.05) is 6.54 Å². The van der Waals surface area contributed by atoms with Crippen LogP contribution in [-0.4, -0.2) is 11.7 Å². The van der Waals surface area contributed by atoms with Gasteiger partial charge in [-0.2, -0.15) is 0 Å². The summed E-state index contributed by atoms with van der Waals surface area (Å²) in [5.74, 6) is 0.397. The minimum absolute atomic E-state index is 0.276. The number of benzene rings is 1. The van der Waals surface area contributed by atoms with Crippen molar-refractivity contribution in [2.45, 2.75) is 39.2 Å². The summed E-state index contributed by atoms with van der Waals surface area (Å²) >= 11 is 0. The van der Waals surface area contributed by atoms with E-state index in [9.17, 15) is 5.11 Å². The van der Waals surface area contributed by atoms with Crippen LogP contribution in [0.5, 0.6) is 5.75 Å². The number of phenolic OH excluding ortho intramolecular Hbond substituents is 1. The van der Waals surface area contributed by atoms with E-state index in [1.807, 2.05) is 18.2 Å². The topological polar surface area (TPSA) is 32.3 Å². The highest BCUT2D eigenvalue weighted by Crippen LogP contribution is 2.25. The van der Waals surface area contributed by atoms with E-state index in [4.69, 9.17) is 0 Å². The molecule has 1 aromatic rings. The molecule has 0 saturated carbocycles. The second kappa shape index (κ2) is 6.46. The van der Waals surface area contributed by atoms with Crippen molar-refractivity contribution in [1.29, 1.82) is 0 Å². The Balaban J connectivity index is 2.61. The molecule has 2 N–H and O–H groups in total. The lowest BCUT2D eigenvalue weighted by atomic mass is 10.0. The molecule has 2 heteroatoms. The molecule has 1 aromatic carbocycles. The monoisotopic (exact) mass is 207 g/mol. The molecular weight excluding hydrogens is 186 g/mol. The molecule has 0 unspecified atom stereocenters. The average Bonchev–Trinajstić information content (AvgIpc) is 2.26. The molecule has 1 atom stereocenters. The summed E-state index contributed by atoms with van der Waals surface area (Å²) in [6.45, 7) is 5.34. The van der Waals surface area contributed by atoms with Crippen LogP contribution in [0.15, 0.2) is 24.3 Å². The van der Waals surface area contributed by atoms with Gasteiger partial charge in [0.25, 0.3) is 0 Å². The van der Waals surface area contributed by atoms with Crippen LogP contribution in [0, 0.1) is 0 Å². The zero-order valence-corrected chi connectivity index (χ0v) is 9.66. The molecule has 15 heavy (non-hydrogen) atoms. The van der Waals surface area contributed by atoms with Crippen molar-refractivity contribution in [2.24, 2.45) is 0 Å². The summed E-state index contributed by atoms with van der Waals surface area (Å²) < 4.78 is 0. The standard InChI is InChI=1S/C13H21NO/c1-3-5-10-14-12(4-2)11-8-6-7-9-13(11)15/h6-9,12,14-15H,3-5,10H2,1-2H3/t12-/m0/s1. The Labute approximate surface area is 92.3 Å². The van der Waals surface area contributed by atoms with Gasteiger partial charge in [-0.05, 0) is 25.5 Å². The number of hydrogen-bond acceptors (Lipinski definition) is 2. The lowest BCUT2D eigenvalue weighted by Crippen LogP contribution is -2.21. The first-order chi connectivity index (χ1) is 7.29. The van der Waals surface area contributed by atoms with E-state index in [1.165, 1.54) is 12.8 Å². The fourth-order valence-electron chi connectivity index (χ4n) is 1.71. The number of phenols is 1. The van der Waals surface area contributed by atoms with Gasteiger partial charge in [-0.1, -0.05) is 38.5 Å². The van der Waals surface area contributed by atoms with E-state index < -0.39 is 0 Å². The van der Waals surface area contributed by atoms with Crippen LogP contribution in [0.1, 0.15) is 44.7 Å². The first-order valence-corrected chi connectivity index (χ1v) is 5.80. The number of para-hydroxylation sites is 1. The zero-order chi connectivity index (χ0) is 11.1. The molecule has 0 heterocycles. The smallest absolute Gasteiger partial charge is 0.120 e. The number of rotatable bonds is 6. The fourth-order valence-corrected chi connectivity index (χ4v) is 1.71. The summed E-state index contributed by atoms with van der Waals surface area (Å²) in [5.41, 5.74) is 1.01. The maximum absolute atomic E-state index is 9.73. The van der Waals surface area contributed by atoms with Crippen LogP contribution in [0.4, 0.5) is 0 Å². The van der Waals surface area contributed by atoms with Crippen molar-refractivity contribution < 1.29 is 5.11 Å². The lowest BCUT2D eigenvalue weighted by molar-refractivity contribution is 0.439. The van der Waals surface area contributed by atoms with Gasteiger partial charge in [0.2, 0.25) is 0 Å². The predicted octanol–water partition coefficient (Wildman–Crippen LogP) is 3.23. The molecule has 1 rings (SSSR count). The third kappa shape index (κ3) is 3.56. The van der Waals surface area contributed by atoms with Gasteiger partial charge >= 0.3 is 0 Å². The Morgan fingerprint density at radius 3 is 2.60 bits per heavy atom. The number of hydrogen-bond donors (Lipinski definition) is 2. The average molecular weight is 207 g/mol. The second-order valence-corrected chi connectivity index (χ2v) is 3.83. The molecule has 0 aliphatic carbocycles. The highest BCUT2D eigenvalue weighted by molar-refractivity contribution is 5.34. The fraction of sp³-hybridized carbons (Fsp3) is 0.538. The van der Waals surface area contributed by atoms with E-state index in [-0.39, 0.29) is 6.04 Å². The Bertz CT molecular complexity index is 286. The van der Waals surface area contributed by atoms with E-state index in [0.29, 0.717) is 5.75 Å². The minimum Gasteiger partial charge on any atom is -0.508 e. The van der Waals surface area contributed by atoms with Crippen LogP contribution < -0.4 is 5.32 Å². The number of aromatic hydroxyl groups is 1. The molecule has 0 saturated heterocycles. The van der Waals surface area contributed by atoms with E-state index in [2.05, 4.69) is 19.2 Å². The van der Waals surface area contributed by atoms with E-state index >= 15 is 0 Å². The summed E-state index contributed by atoms with van der Waals surface area (Å²) in [4.78, 5) is 0.